The Morgan fingerprint density at radius 2 is 2.14 bits per heavy atom. The highest BCUT2D eigenvalue weighted by molar-refractivity contribution is 7.09. The van der Waals surface area contributed by atoms with Crippen molar-refractivity contribution in [2.45, 2.75) is 39.3 Å². The molecule has 7 heteroatoms. The molecule has 0 saturated carbocycles. The molecule has 1 fully saturated rings. The molecule has 28 heavy (non-hydrogen) atoms. The van der Waals surface area contributed by atoms with Gasteiger partial charge in [0.15, 0.2) is 0 Å². The van der Waals surface area contributed by atoms with Crippen LogP contribution in [0.5, 0.6) is 0 Å². The minimum atomic E-state index is -1.01. The zero-order chi connectivity index (χ0) is 20.3. The first-order chi connectivity index (χ1) is 13.4. The van der Waals surface area contributed by atoms with Gasteiger partial charge in [-0.25, -0.2) is 14.7 Å². The third-order valence-corrected chi connectivity index (χ3v) is 5.65. The van der Waals surface area contributed by atoms with Crippen molar-refractivity contribution in [1.82, 2.24) is 9.88 Å². The average Bonchev–Trinajstić information content (AvgIpc) is 3.26. The monoisotopic (exact) mass is 400 g/mol. The van der Waals surface area contributed by atoms with E-state index in [1.165, 1.54) is 11.3 Å². The Balaban J connectivity index is 1.72. The number of cyclic esters (lactones) is 1. The second kappa shape index (κ2) is 8.67. The number of thiazole rings is 1. The third-order valence-electron chi connectivity index (χ3n) is 4.85. The molecular formula is C21H24N2O4S. The predicted molar refractivity (Wildman–Crippen MR) is 108 cm³/mol. The van der Waals surface area contributed by atoms with E-state index in [2.05, 4.69) is 4.98 Å². The molecule has 6 nitrogen and oxygen atoms in total. The predicted octanol–water partition coefficient (Wildman–Crippen LogP) is 3.44. The Bertz CT molecular complexity index is 878. The fourth-order valence-corrected chi connectivity index (χ4v) is 3.85. The fourth-order valence-electron chi connectivity index (χ4n) is 3.28. The number of carbonyl (C=O) groups excluding carboxylic acids is 2. The summed E-state index contributed by atoms with van der Waals surface area (Å²) in [5.41, 5.74) is 2.39. The minimum Gasteiger partial charge on any atom is -0.447 e. The molecule has 3 atom stereocenters. The summed E-state index contributed by atoms with van der Waals surface area (Å²) >= 11 is 1.52. The maximum Gasteiger partial charge on any atom is 0.416 e. The molecule has 0 bridgehead atoms. The van der Waals surface area contributed by atoms with Crippen LogP contribution >= 0.6 is 11.3 Å². The van der Waals surface area contributed by atoms with Gasteiger partial charge in [-0.1, -0.05) is 37.3 Å². The number of carbonyl (C=O) groups is 2. The van der Waals surface area contributed by atoms with Crippen molar-refractivity contribution in [2.24, 2.45) is 5.92 Å². The van der Waals surface area contributed by atoms with Crippen molar-refractivity contribution in [1.29, 1.82) is 0 Å². The molecule has 0 radical (unpaired) electrons. The number of nitrogens with zero attached hydrogens (tertiary/aromatic N) is 2. The van der Waals surface area contributed by atoms with Crippen molar-refractivity contribution in [3.63, 3.8) is 0 Å². The summed E-state index contributed by atoms with van der Waals surface area (Å²) in [6, 6.07) is 9.28. The Hall–Kier alpha value is -2.51. The second-order valence-electron chi connectivity index (χ2n) is 7.04. The van der Waals surface area contributed by atoms with Crippen molar-refractivity contribution in [3.8, 4) is 0 Å². The van der Waals surface area contributed by atoms with Gasteiger partial charge in [0.25, 0.3) is 0 Å². The lowest BCUT2D eigenvalue weighted by Crippen LogP contribution is -2.45. The lowest BCUT2D eigenvalue weighted by Gasteiger charge is -2.26. The quantitative estimate of drug-likeness (QED) is 0.803. The van der Waals surface area contributed by atoms with Crippen molar-refractivity contribution >= 4 is 29.4 Å². The molecular weight excluding hydrogens is 376 g/mol. The summed E-state index contributed by atoms with van der Waals surface area (Å²) in [5, 5.41) is 13.5. The van der Waals surface area contributed by atoms with Gasteiger partial charge in [0.2, 0.25) is 5.91 Å². The highest BCUT2D eigenvalue weighted by Crippen LogP contribution is 2.24. The molecule has 1 aliphatic heterocycles. The van der Waals surface area contributed by atoms with Gasteiger partial charge in [0.05, 0.1) is 28.8 Å². The Morgan fingerprint density at radius 1 is 1.43 bits per heavy atom. The van der Waals surface area contributed by atoms with Gasteiger partial charge in [0, 0.05) is 5.38 Å². The van der Waals surface area contributed by atoms with E-state index in [4.69, 9.17) is 4.74 Å². The van der Waals surface area contributed by atoms with E-state index in [1.54, 1.807) is 19.9 Å². The molecule has 0 spiro atoms. The summed E-state index contributed by atoms with van der Waals surface area (Å²) in [6.45, 7) is 5.45. The molecule has 1 saturated heterocycles. The number of aliphatic hydroxyl groups is 1. The second-order valence-corrected chi connectivity index (χ2v) is 8.10. The van der Waals surface area contributed by atoms with E-state index in [1.807, 2.05) is 42.6 Å². The Kier molecular flexibility index (Phi) is 6.26. The normalized spacial score (nSPS) is 19.4. The maximum absolute atomic E-state index is 13.0. The van der Waals surface area contributed by atoms with Crippen LogP contribution in [0, 0.1) is 12.8 Å². The van der Waals surface area contributed by atoms with Gasteiger partial charge in [-0.15, -0.1) is 11.3 Å². The lowest BCUT2D eigenvalue weighted by molar-refractivity contribution is -0.135. The number of hydrogen-bond acceptors (Lipinski definition) is 6. The number of aryl methyl sites for hydroxylation is 1. The first-order valence-corrected chi connectivity index (χ1v) is 10.1. The molecule has 148 valence electrons. The molecule has 3 unspecified atom stereocenters. The molecule has 0 aliphatic carbocycles. The number of imide groups is 1. The van der Waals surface area contributed by atoms with Crippen LogP contribution in [-0.2, 0) is 16.0 Å². The number of ether oxygens (including phenoxy) is 1. The largest absolute Gasteiger partial charge is 0.447 e. The summed E-state index contributed by atoms with van der Waals surface area (Å²) in [7, 11) is 0. The third kappa shape index (κ3) is 4.48. The van der Waals surface area contributed by atoms with E-state index >= 15 is 0 Å². The van der Waals surface area contributed by atoms with E-state index in [9.17, 15) is 14.7 Å². The molecule has 1 aliphatic rings. The van der Waals surface area contributed by atoms with E-state index < -0.39 is 24.0 Å². The summed E-state index contributed by atoms with van der Waals surface area (Å²) < 4.78 is 5.12. The Morgan fingerprint density at radius 3 is 2.79 bits per heavy atom. The van der Waals surface area contributed by atoms with Gasteiger partial charge < -0.3 is 9.84 Å². The maximum atomic E-state index is 13.0. The van der Waals surface area contributed by atoms with Gasteiger partial charge in [0.1, 0.15) is 6.61 Å². The van der Waals surface area contributed by atoms with Crippen molar-refractivity contribution < 1.29 is 19.4 Å². The summed E-state index contributed by atoms with van der Waals surface area (Å²) in [4.78, 5) is 30.7. The van der Waals surface area contributed by atoms with E-state index in [0.717, 1.165) is 21.2 Å². The topological polar surface area (TPSA) is 79.7 Å². The van der Waals surface area contributed by atoms with Crippen LogP contribution in [0.1, 0.15) is 30.1 Å². The zero-order valence-electron chi connectivity index (χ0n) is 16.2. The Labute approximate surface area is 168 Å². The van der Waals surface area contributed by atoms with Crippen LogP contribution in [-0.4, -0.2) is 45.7 Å². The molecule has 1 aromatic carbocycles. The van der Waals surface area contributed by atoms with Crippen LogP contribution < -0.4 is 0 Å². The van der Waals surface area contributed by atoms with Crippen LogP contribution in [0.25, 0.3) is 6.08 Å². The number of benzene rings is 1. The fraction of sp³-hybridized carbons (Fsp3) is 0.381. The van der Waals surface area contributed by atoms with Crippen LogP contribution in [0.2, 0.25) is 0 Å². The van der Waals surface area contributed by atoms with Gasteiger partial charge in [-0.3, -0.25) is 4.79 Å². The van der Waals surface area contributed by atoms with Crippen LogP contribution in [0.15, 0.2) is 41.3 Å². The van der Waals surface area contributed by atoms with E-state index in [-0.39, 0.29) is 12.6 Å². The van der Waals surface area contributed by atoms with E-state index in [0.29, 0.717) is 12.0 Å². The first kappa shape index (κ1) is 20.2. The first-order valence-electron chi connectivity index (χ1n) is 9.19. The standard InChI is InChI=1S/C21H24N2O4S/c1-13(9-17-12-28-15(3)22-17)19(24)14(2)20(25)23-18(11-27-21(23)26)10-16-7-5-4-6-8-16/h4-9,12,14,18-19,24H,10-11H2,1-3H3. The zero-order valence-corrected chi connectivity index (χ0v) is 17.0. The molecule has 1 aromatic heterocycles. The van der Waals surface area contributed by atoms with Crippen LogP contribution in [0.4, 0.5) is 4.79 Å². The number of aliphatic hydroxyl groups excluding tert-OH is 1. The van der Waals surface area contributed by atoms with Gasteiger partial charge >= 0.3 is 6.09 Å². The van der Waals surface area contributed by atoms with Crippen molar-refractivity contribution in [3.05, 3.63) is 57.6 Å². The van der Waals surface area contributed by atoms with Crippen molar-refractivity contribution in [2.75, 3.05) is 6.61 Å². The average molecular weight is 401 g/mol. The number of hydrogen-bond donors (Lipinski definition) is 1. The SMILES string of the molecule is CC(=Cc1csc(C)n1)C(O)C(C)C(=O)N1C(=O)OCC1Cc1ccccc1. The van der Waals surface area contributed by atoms with Gasteiger partial charge in [-0.2, -0.15) is 0 Å². The molecule has 3 rings (SSSR count). The number of aromatic nitrogens is 1. The van der Waals surface area contributed by atoms with Gasteiger partial charge in [-0.05, 0) is 37.5 Å². The molecule has 2 amide bonds. The highest BCUT2D eigenvalue weighted by Gasteiger charge is 2.41. The molecule has 2 heterocycles. The highest BCUT2D eigenvalue weighted by atomic mass is 32.1. The van der Waals surface area contributed by atoms with Crippen LogP contribution in [0.3, 0.4) is 0 Å². The summed E-state index contributed by atoms with van der Waals surface area (Å²) in [5.74, 6) is -1.21. The number of amides is 2. The molecule has 1 N–H and O–H groups in total. The number of rotatable bonds is 6. The smallest absolute Gasteiger partial charge is 0.416 e. The molecule has 2 aromatic rings. The summed E-state index contributed by atoms with van der Waals surface area (Å²) in [6.07, 6.45) is 0.623. The lowest BCUT2D eigenvalue weighted by atomic mass is 9.95. The minimum absolute atomic E-state index is 0.162.